The molecule has 5 heteroatoms. The second-order valence-corrected chi connectivity index (χ2v) is 12.1. The van der Waals surface area contributed by atoms with Gasteiger partial charge in [0.25, 0.3) is 0 Å². The highest BCUT2D eigenvalue weighted by molar-refractivity contribution is 5.79. The van der Waals surface area contributed by atoms with Crippen molar-refractivity contribution in [3.05, 3.63) is 160 Å². The summed E-state index contributed by atoms with van der Waals surface area (Å²) in [5.41, 5.74) is 10.6. The largest absolute Gasteiger partial charge is 0.491 e. The van der Waals surface area contributed by atoms with Gasteiger partial charge in [-0.2, -0.15) is 0 Å². The first-order valence-corrected chi connectivity index (χ1v) is 17.3. The zero-order valence-electron chi connectivity index (χ0n) is 28.3. The molecule has 1 aliphatic carbocycles. The Morgan fingerprint density at radius 3 is 2.00 bits per heavy atom. The van der Waals surface area contributed by atoms with E-state index in [1.807, 2.05) is 37.3 Å². The van der Waals surface area contributed by atoms with Gasteiger partial charge >= 0.3 is 5.97 Å². The van der Waals surface area contributed by atoms with Crippen molar-refractivity contribution in [3.63, 3.8) is 0 Å². The normalized spacial score (nSPS) is 14.0. The topological polar surface area (TPSA) is 54.0 Å². The van der Waals surface area contributed by atoms with Crippen LogP contribution in [-0.4, -0.2) is 38.5 Å². The van der Waals surface area contributed by atoms with Crippen molar-refractivity contribution in [2.45, 2.75) is 45.3 Å². The zero-order chi connectivity index (χ0) is 33.8. The van der Waals surface area contributed by atoms with Crippen LogP contribution in [0.3, 0.4) is 0 Å². The predicted octanol–water partition coefficient (Wildman–Crippen LogP) is 9.32. The Labute approximate surface area is 290 Å². The van der Waals surface area contributed by atoms with Crippen molar-refractivity contribution in [2.75, 3.05) is 26.4 Å². The van der Waals surface area contributed by atoms with Gasteiger partial charge in [-0.25, -0.2) is 4.79 Å². The average Bonchev–Trinajstić information content (AvgIpc) is 3.29. The second-order valence-electron chi connectivity index (χ2n) is 12.1. The lowest BCUT2D eigenvalue weighted by Crippen LogP contribution is -2.28. The Hall–Kier alpha value is -4.97. The molecule has 0 aromatic heterocycles. The molecule has 0 spiro atoms. The molecule has 0 bridgehead atoms. The molecule has 5 nitrogen and oxygen atoms in total. The van der Waals surface area contributed by atoms with E-state index in [0.717, 1.165) is 40.8 Å². The van der Waals surface area contributed by atoms with Gasteiger partial charge in [-0.1, -0.05) is 115 Å². The number of aryl methyl sites for hydroxylation is 2. The van der Waals surface area contributed by atoms with E-state index in [4.69, 9.17) is 18.9 Å². The van der Waals surface area contributed by atoms with Crippen molar-refractivity contribution < 1.29 is 23.7 Å². The van der Waals surface area contributed by atoms with Crippen LogP contribution in [0.25, 0.3) is 23.3 Å². The van der Waals surface area contributed by atoms with Crippen LogP contribution in [0.5, 0.6) is 5.75 Å². The maximum atomic E-state index is 12.3. The summed E-state index contributed by atoms with van der Waals surface area (Å²) < 4.78 is 23.6. The Balaban J connectivity index is 1.16. The summed E-state index contributed by atoms with van der Waals surface area (Å²) in [6.45, 7) is 5.26. The zero-order valence-corrected chi connectivity index (χ0v) is 28.3. The summed E-state index contributed by atoms with van der Waals surface area (Å²) in [5.74, 6) is 0.411. The van der Waals surface area contributed by atoms with Gasteiger partial charge in [0.1, 0.15) is 18.5 Å². The third kappa shape index (κ3) is 8.94. The summed E-state index contributed by atoms with van der Waals surface area (Å²) >= 11 is 0. The van der Waals surface area contributed by atoms with Crippen LogP contribution in [0, 0.1) is 0 Å². The molecule has 49 heavy (non-hydrogen) atoms. The highest BCUT2D eigenvalue weighted by Gasteiger charge is 2.24. The van der Waals surface area contributed by atoms with Crippen LogP contribution in [0.1, 0.15) is 58.9 Å². The second kappa shape index (κ2) is 16.9. The van der Waals surface area contributed by atoms with Gasteiger partial charge in [0.15, 0.2) is 6.10 Å². The lowest BCUT2D eigenvalue weighted by atomic mass is 9.92. The van der Waals surface area contributed by atoms with Crippen LogP contribution in [-0.2, 0) is 38.3 Å². The molecule has 0 heterocycles. The summed E-state index contributed by atoms with van der Waals surface area (Å²) in [5, 5.41) is 0. The number of carbonyl (C=O) groups is 1. The number of fused-ring (bicyclic) bond motifs is 2. The fourth-order valence-corrected chi connectivity index (χ4v) is 6.30. The molecular weight excluding hydrogens is 608 g/mol. The van der Waals surface area contributed by atoms with Crippen molar-refractivity contribution in [3.8, 4) is 16.9 Å². The lowest BCUT2D eigenvalue weighted by molar-refractivity contribution is -0.156. The molecule has 6 rings (SSSR count). The third-order valence-corrected chi connectivity index (χ3v) is 8.80. The van der Waals surface area contributed by atoms with Gasteiger partial charge in [0.2, 0.25) is 0 Å². The van der Waals surface area contributed by atoms with Crippen molar-refractivity contribution in [1.82, 2.24) is 0 Å². The molecule has 0 saturated heterocycles. The number of ether oxygens (including phenoxy) is 4. The van der Waals surface area contributed by atoms with Crippen molar-refractivity contribution in [2.24, 2.45) is 0 Å². The summed E-state index contributed by atoms with van der Waals surface area (Å²) in [6, 6.07) is 42.3. The molecule has 5 aromatic carbocycles. The van der Waals surface area contributed by atoms with Gasteiger partial charge in [-0.15, -0.1) is 0 Å². The van der Waals surface area contributed by atoms with Gasteiger partial charge in [0.05, 0.1) is 13.2 Å². The predicted molar refractivity (Wildman–Crippen MR) is 197 cm³/mol. The van der Waals surface area contributed by atoms with E-state index in [0.29, 0.717) is 32.8 Å². The first kappa shape index (κ1) is 33.9. The van der Waals surface area contributed by atoms with Gasteiger partial charge in [-0.3, -0.25) is 0 Å². The van der Waals surface area contributed by atoms with Crippen LogP contribution in [0.15, 0.2) is 121 Å². The van der Waals surface area contributed by atoms with Gasteiger partial charge < -0.3 is 18.9 Å². The number of hydrogen-bond acceptors (Lipinski definition) is 5. The van der Waals surface area contributed by atoms with E-state index in [9.17, 15) is 4.79 Å². The van der Waals surface area contributed by atoms with Crippen LogP contribution >= 0.6 is 0 Å². The number of benzene rings is 5. The first-order chi connectivity index (χ1) is 24.1. The number of hydrogen-bond donors (Lipinski definition) is 0. The minimum absolute atomic E-state index is 0.239. The van der Waals surface area contributed by atoms with Crippen molar-refractivity contribution in [1.29, 1.82) is 0 Å². The van der Waals surface area contributed by atoms with Crippen LogP contribution in [0.4, 0.5) is 0 Å². The lowest BCUT2D eigenvalue weighted by Gasteiger charge is -2.22. The Kier molecular flexibility index (Phi) is 11.7. The van der Waals surface area contributed by atoms with Crippen molar-refractivity contribution >= 4 is 18.1 Å². The maximum Gasteiger partial charge on any atom is 0.335 e. The number of rotatable bonds is 15. The third-order valence-electron chi connectivity index (χ3n) is 8.80. The fourth-order valence-electron chi connectivity index (χ4n) is 6.30. The molecule has 0 N–H and O–H groups in total. The van der Waals surface area contributed by atoms with E-state index < -0.39 is 6.10 Å². The van der Waals surface area contributed by atoms with E-state index in [2.05, 4.69) is 103 Å². The molecular formula is C44H44O5. The molecule has 250 valence electrons. The average molecular weight is 653 g/mol. The molecule has 0 amide bonds. The quantitative estimate of drug-likeness (QED) is 0.0834. The Morgan fingerprint density at radius 1 is 0.633 bits per heavy atom. The van der Waals surface area contributed by atoms with E-state index in [1.54, 1.807) is 6.92 Å². The highest BCUT2D eigenvalue weighted by atomic mass is 16.6. The summed E-state index contributed by atoms with van der Waals surface area (Å²) in [7, 11) is 0. The highest BCUT2D eigenvalue weighted by Crippen LogP contribution is 2.38. The summed E-state index contributed by atoms with van der Waals surface area (Å²) in [4.78, 5) is 12.3. The Morgan fingerprint density at radius 2 is 1.29 bits per heavy atom. The number of esters is 1. The van der Waals surface area contributed by atoms with Gasteiger partial charge in [-0.05, 0) is 95.0 Å². The molecule has 2 atom stereocenters. The SMILES string of the molecule is CCOC(=O)C(Cc1ccc(OCCOC2c3ccc(CCc4ccccc4)cc3C=Cc3cc(-c4ccccc4)ccc32)cc1)OCC. The smallest absolute Gasteiger partial charge is 0.335 e. The summed E-state index contributed by atoms with van der Waals surface area (Å²) in [6.07, 6.45) is 6.02. The standard InChI is InChI=1S/C44H44O5/c1-3-46-42(44(45)47-4-2)30-34-17-23-39(24-18-34)48-27-28-49-43-40-25-19-33(16-15-32-11-7-5-8-12-32)29-37(40)20-21-38-31-36(22-26-41(38)43)35-13-9-6-10-14-35/h5-14,17-26,29,31,42-43H,3-4,15-16,27-28,30H2,1-2H3. The Bertz CT molecular complexity index is 1830. The van der Waals surface area contributed by atoms with Crippen LogP contribution in [0.2, 0.25) is 0 Å². The molecule has 0 aliphatic heterocycles. The van der Waals surface area contributed by atoms with E-state index in [1.165, 1.54) is 27.8 Å². The van der Waals surface area contributed by atoms with E-state index >= 15 is 0 Å². The monoisotopic (exact) mass is 652 g/mol. The molecule has 0 saturated carbocycles. The molecule has 2 unspecified atom stereocenters. The minimum atomic E-state index is -0.617. The van der Waals surface area contributed by atoms with Gasteiger partial charge in [0, 0.05) is 13.0 Å². The molecule has 0 fully saturated rings. The molecule has 0 radical (unpaired) electrons. The molecule has 5 aromatic rings. The fraction of sp³-hybridized carbons (Fsp3) is 0.250. The first-order valence-electron chi connectivity index (χ1n) is 17.3. The maximum absolute atomic E-state index is 12.3. The van der Waals surface area contributed by atoms with Crippen LogP contribution < -0.4 is 4.74 Å². The minimum Gasteiger partial charge on any atom is -0.491 e. The number of carbonyl (C=O) groups excluding carboxylic acids is 1. The molecule has 1 aliphatic rings. The van der Waals surface area contributed by atoms with E-state index in [-0.39, 0.29) is 12.1 Å².